The number of hydrogen-bond acceptors (Lipinski definition) is 10. The third-order valence-electron chi connectivity index (χ3n) is 9.13. The molecule has 0 bridgehead atoms. The highest BCUT2D eigenvalue weighted by Crippen LogP contribution is 2.26. The van der Waals surface area contributed by atoms with Gasteiger partial charge in [0, 0.05) is 44.6 Å². The van der Waals surface area contributed by atoms with E-state index in [9.17, 15) is 34.4 Å². The van der Waals surface area contributed by atoms with E-state index in [0.29, 0.717) is 49.8 Å². The van der Waals surface area contributed by atoms with Gasteiger partial charge >= 0.3 is 5.97 Å². The maximum absolute atomic E-state index is 14.8. The molecule has 1 aromatic heterocycles. The molecule has 1 amide bonds. The molecule has 2 saturated heterocycles. The zero-order valence-electron chi connectivity index (χ0n) is 26.4. The van der Waals surface area contributed by atoms with Crippen LogP contribution < -0.4 is 9.64 Å². The van der Waals surface area contributed by atoms with Gasteiger partial charge < -0.3 is 40.1 Å². The summed E-state index contributed by atoms with van der Waals surface area (Å²) in [4.78, 5) is 36.3. The van der Waals surface area contributed by atoms with Gasteiger partial charge in [-0.05, 0) is 74.0 Å². The van der Waals surface area contributed by atoms with Crippen molar-refractivity contribution in [3.63, 3.8) is 0 Å². The number of aryl methyl sites for hydroxylation is 1. The Kier molecular flexibility index (Phi) is 13.1. The van der Waals surface area contributed by atoms with Crippen LogP contribution in [0.25, 0.3) is 0 Å². The lowest BCUT2D eigenvalue weighted by Gasteiger charge is -2.39. The Bertz CT molecular complexity index is 1270. The predicted octanol–water partition coefficient (Wildman–Crippen LogP) is 1.95. The Morgan fingerprint density at radius 2 is 1.67 bits per heavy atom. The van der Waals surface area contributed by atoms with Crippen LogP contribution in [0.5, 0.6) is 5.75 Å². The third kappa shape index (κ3) is 9.81. The number of aromatic nitrogens is 2. The Balaban J connectivity index is 1.08. The second kappa shape index (κ2) is 17.0. The van der Waals surface area contributed by atoms with E-state index < -0.39 is 36.2 Å². The van der Waals surface area contributed by atoms with Gasteiger partial charge in [0.05, 0.1) is 19.1 Å². The van der Waals surface area contributed by atoms with Crippen molar-refractivity contribution in [3.8, 4) is 5.75 Å². The first-order chi connectivity index (χ1) is 22.0. The highest BCUT2D eigenvalue weighted by molar-refractivity contribution is 5.79. The standard InChI is InChI=1S/C33H47FN4O8/c1-2-21-17-35-33(36-18-21)37-12-10-22(11-13-37)6-4-14-46-25-9-8-24(26(34)16-25)15-28(40)38-19-23(20-38)5-3-7-27(39)29(41)30(42)31(43)32(44)45/h8-9,16-18,22-23,27,29-31,39,41-43H,2-7,10-15,19-20H2,1H3,(H,44,45)/t27-,29-,30+,31-/m0/s1. The summed E-state index contributed by atoms with van der Waals surface area (Å²) >= 11 is 0. The average molecular weight is 647 g/mol. The lowest BCUT2D eigenvalue weighted by molar-refractivity contribution is -0.163. The molecule has 0 aliphatic carbocycles. The molecule has 0 radical (unpaired) electrons. The van der Waals surface area contributed by atoms with Crippen LogP contribution in [0.15, 0.2) is 30.6 Å². The van der Waals surface area contributed by atoms with Crippen LogP contribution >= 0.6 is 0 Å². The number of rotatable bonds is 17. The molecular weight excluding hydrogens is 599 g/mol. The van der Waals surface area contributed by atoms with Crippen LogP contribution in [0, 0.1) is 17.7 Å². The summed E-state index contributed by atoms with van der Waals surface area (Å²) < 4.78 is 20.6. The second-order valence-corrected chi connectivity index (χ2v) is 12.5. The van der Waals surface area contributed by atoms with E-state index in [2.05, 4.69) is 21.8 Å². The predicted molar refractivity (Wildman–Crippen MR) is 167 cm³/mol. The molecule has 4 atom stereocenters. The number of ether oxygens (including phenoxy) is 1. The number of anilines is 1. The number of hydrogen-bond donors (Lipinski definition) is 5. The fourth-order valence-corrected chi connectivity index (χ4v) is 6.02. The van der Waals surface area contributed by atoms with E-state index in [0.717, 1.165) is 56.7 Å². The first-order valence-corrected chi connectivity index (χ1v) is 16.3. The molecule has 2 aliphatic heterocycles. The maximum atomic E-state index is 14.8. The van der Waals surface area contributed by atoms with Gasteiger partial charge in [-0.1, -0.05) is 19.4 Å². The number of benzene rings is 1. The number of amides is 1. The van der Waals surface area contributed by atoms with Crippen molar-refractivity contribution in [2.24, 2.45) is 11.8 Å². The van der Waals surface area contributed by atoms with E-state index in [4.69, 9.17) is 9.84 Å². The van der Waals surface area contributed by atoms with Crippen molar-refractivity contribution in [3.05, 3.63) is 47.5 Å². The number of piperidine rings is 1. The number of carbonyl (C=O) groups excluding carboxylic acids is 1. The highest BCUT2D eigenvalue weighted by Gasteiger charge is 2.35. The quantitative estimate of drug-likeness (QED) is 0.159. The number of likely N-dealkylation sites (tertiary alicyclic amines) is 1. The largest absolute Gasteiger partial charge is 0.493 e. The number of aliphatic hydroxyl groups excluding tert-OH is 4. The number of aliphatic carboxylic acids is 1. The van der Waals surface area contributed by atoms with Crippen LogP contribution in [0.1, 0.15) is 63.0 Å². The van der Waals surface area contributed by atoms with Crippen molar-refractivity contribution < 1.29 is 44.2 Å². The third-order valence-corrected chi connectivity index (χ3v) is 9.13. The zero-order valence-corrected chi connectivity index (χ0v) is 26.4. The number of halogens is 1. The minimum atomic E-state index is -2.19. The molecule has 254 valence electrons. The van der Waals surface area contributed by atoms with Crippen LogP contribution in [-0.4, -0.2) is 109 Å². The molecule has 4 rings (SSSR count). The Morgan fingerprint density at radius 1 is 1.00 bits per heavy atom. The minimum absolute atomic E-state index is 0.0555. The molecule has 13 heteroatoms. The first kappa shape index (κ1) is 35.5. The van der Waals surface area contributed by atoms with Crippen molar-refractivity contribution in [2.75, 3.05) is 37.7 Å². The number of carboxylic acids is 1. The monoisotopic (exact) mass is 646 g/mol. The maximum Gasteiger partial charge on any atom is 0.335 e. The average Bonchev–Trinajstić information content (AvgIpc) is 3.04. The Morgan fingerprint density at radius 3 is 2.30 bits per heavy atom. The molecular formula is C33H47FN4O8. The topological polar surface area (TPSA) is 177 Å². The number of aliphatic hydroxyl groups is 4. The van der Waals surface area contributed by atoms with Gasteiger partial charge in [0.2, 0.25) is 11.9 Å². The molecule has 3 heterocycles. The summed E-state index contributed by atoms with van der Waals surface area (Å²) in [6.07, 6.45) is 2.56. The second-order valence-electron chi connectivity index (χ2n) is 12.5. The molecule has 2 aromatic rings. The molecule has 1 aromatic carbocycles. The SMILES string of the molecule is CCc1cnc(N2CCC(CCCOc3ccc(CC(=O)N4CC(CCC[C@H](O)[C@H](O)[C@@H](O)[C@H](O)C(=O)O)C4)c(F)c3)CC2)nc1. The Labute approximate surface area is 268 Å². The van der Waals surface area contributed by atoms with Crippen LogP contribution in [0.2, 0.25) is 0 Å². The van der Waals surface area contributed by atoms with Gasteiger partial charge in [-0.2, -0.15) is 0 Å². The van der Waals surface area contributed by atoms with Crippen LogP contribution in [-0.2, 0) is 22.4 Å². The number of carboxylic acid groups (broad SMARTS) is 1. The van der Waals surface area contributed by atoms with Gasteiger partial charge in [-0.3, -0.25) is 4.79 Å². The van der Waals surface area contributed by atoms with Gasteiger partial charge in [0.15, 0.2) is 6.10 Å². The van der Waals surface area contributed by atoms with Gasteiger partial charge in [-0.25, -0.2) is 19.2 Å². The summed E-state index contributed by atoms with van der Waals surface area (Å²) in [7, 11) is 0. The zero-order chi connectivity index (χ0) is 33.2. The highest BCUT2D eigenvalue weighted by atomic mass is 19.1. The normalized spacial score (nSPS) is 18.5. The molecule has 2 fully saturated rings. The summed E-state index contributed by atoms with van der Waals surface area (Å²) in [5.74, 6) is -0.320. The fourth-order valence-electron chi connectivity index (χ4n) is 6.02. The smallest absolute Gasteiger partial charge is 0.335 e. The minimum Gasteiger partial charge on any atom is -0.493 e. The molecule has 0 saturated carbocycles. The summed E-state index contributed by atoms with van der Waals surface area (Å²) in [5, 5.41) is 47.6. The van der Waals surface area contributed by atoms with Gasteiger partial charge in [0.1, 0.15) is 23.8 Å². The lowest BCUT2D eigenvalue weighted by Crippen LogP contribution is -2.50. The van der Waals surface area contributed by atoms with E-state index in [-0.39, 0.29) is 24.7 Å². The van der Waals surface area contributed by atoms with E-state index in [1.54, 1.807) is 17.0 Å². The van der Waals surface area contributed by atoms with E-state index in [1.165, 1.54) is 6.07 Å². The van der Waals surface area contributed by atoms with Crippen molar-refractivity contribution in [2.45, 2.75) is 89.1 Å². The van der Waals surface area contributed by atoms with Crippen molar-refractivity contribution in [1.29, 1.82) is 0 Å². The fraction of sp³-hybridized carbons (Fsp3) is 0.636. The molecule has 0 spiro atoms. The van der Waals surface area contributed by atoms with Crippen LogP contribution in [0.3, 0.4) is 0 Å². The van der Waals surface area contributed by atoms with E-state index in [1.807, 2.05) is 12.4 Å². The van der Waals surface area contributed by atoms with Gasteiger partial charge in [0.25, 0.3) is 0 Å². The molecule has 5 N–H and O–H groups in total. The van der Waals surface area contributed by atoms with Crippen LogP contribution in [0.4, 0.5) is 10.3 Å². The first-order valence-electron chi connectivity index (χ1n) is 16.3. The Hall–Kier alpha value is -3.39. The molecule has 12 nitrogen and oxygen atoms in total. The summed E-state index contributed by atoms with van der Waals surface area (Å²) in [5.41, 5.74) is 1.44. The number of carbonyl (C=O) groups is 2. The van der Waals surface area contributed by atoms with Gasteiger partial charge in [-0.15, -0.1) is 0 Å². The summed E-state index contributed by atoms with van der Waals surface area (Å²) in [6.45, 7) is 5.45. The molecule has 46 heavy (non-hydrogen) atoms. The summed E-state index contributed by atoms with van der Waals surface area (Å²) in [6, 6.07) is 4.61. The molecule has 2 aliphatic rings. The van der Waals surface area contributed by atoms with E-state index >= 15 is 0 Å². The number of nitrogens with zero attached hydrogens (tertiary/aromatic N) is 4. The van der Waals surface area contributed by atoms with Crippen molar-refractivity contribution in [1.82, 2.24) is 14.9 Å². The van der Waals surface area contributed by atoms with Crippen molar-refractivity contribution >= 4 is 17.8 Å². The lowest BCUT2D eigenvalue weighted by atomic mass is 9.91. The molecule has 0 unspecified atom stereocenters.